The van der Waals surface area contributed by atoms with Crippen LogP contribution in [0.3, 0.4) is 0 Å². The summed E-state index contributed by atoms with van der Waals surface area (Å²) in [6.45, 7) is 0.423. The lowest BCUT2D eigenvalue weighted by Gasteiger charge is -2.14. The standard InChI is InChI=1S/C21H20O4/c22-13-18-11-19(24-14-16-7-3-1-4-8-16)12-20(21(18)23)25-15-17-9-5-2-6-10-17/h1-12,22-23H,13-15H2. The zero-order chi connectivity index (χ0) is 17.5. The van der Waals surface area contributed by atoms with Gasteiger partial charge in [0.2, 0.25) is 0 Å². The van der Waals surface area contributed by atoms with Gasteiger partial charge in [-0.2, -0.15) is 0 Å². The highest BCUT2D eigenvalue weighted by Gasteiger charge is 2.12. The van der Waals surface area contributed by atoms with Crippen molar-refractivity contribution in [3.8, 4) is 17.2 Å². The Labute approximate surface area is 146 Å². The molecular formula is C21H20O4. The SMILES string of the molecule is OCc1cc(OCc2ccccc2)cc(OCc2ccccc2)c1O. The molecule has 0 aliphatic heterocycles. The molecule has 128 valence electrons. The van der Waals surface area contributed by atoms with Crippen molar-refractivity contribution < 1.29 is 19.7 Å². The number of aliphatic hydroxyl groups excluding tert-OH is 1. The van der Waals surface area contributed by atoms with Crippen molar-refractivity contribution >= 4 is 0 Å². The number of ether oxygens (including phenoxy) is 2. The minimum absolute atomic E-state index is 0.0644. The van der Waals surface area contributed by atoms with E-state index in [9.17, 15) is 10.2 Å². The largest absolute Gasteiger partial charge is 0.504 e. The van der Waals surface area contributed by atoms with Crippen LogP contribution in [-0.4, -0.2) is 10.2 Å². The van der Waals surface area contributed by atoms with Crippen LogP contribution in [-0.2, 0) is 19.8 Å². The van der Waals surface area contributed by atoms with Crippen molar-refractivity contribution in [2.24, 2.45) is 0 Å². The van der Waals surface area contributed by atoms with E-state index in [1.165, 1.54) is 0 Å². The van der Waals surface area contributed by atoms with Crippen LogP contribution in [0.25, 0.3) is 0 Å². The highest BCUT2D eigenvalue weighted by atomic mass is 16.5. The number of phenols is 1. The molecule has 0 radical (unpaired) electrons. The molecule has 3 rings (SSSR count). The number of aromatic hydroxyl groups is 1. The molecule has 4 nitrogen and oxygen atoms in total. The van der Waals surface area contributed by atoms with E-state index in [0.717, 1.165) is 11.1 Å². The molecule has 3 aromatic carbocycles. The van der Waals surface area contributed by atoms with Gasteiger partial charge < -0.3 is 19.7 Å². The molecule has 0 saturated heterocycles. The fourth-order valence-corrected chi connectivity index (χ4v) is 2.43. The molecule has 4 heteroatoms. The van der Waals surface area contributed by atoms with Crippen molar-refractivity contribution in [3.05, 3.63) is 89.5 Å². The van der Waals surface area contributed by atoms with Crippen LogP contribution in [0.15, 0.2) is 72.8 Å². The Morgan fingerprint density at radius 3 is 1.84 bits per heavy atom. The van der Waals surface area contributed by atoms with Gasteiger partial charge in [0.25, 0.3) is 0 Å². The van der Waals surface area contributed by atoms with Gasteiger partial charge in [0, 0.05) is 11.6 Å². The Balaban J connectivity index is 1.75. The summed E-state index contributed by atoms with van der Waals surface area (Å²) in [5.41, 5.74) is 2.39. The third-order valence-corrected chi connectivity index (χ3v) is 3.78. The van der Waals surface area contributed by atoms with Crippen molar-refractivity contribution in [2.45, 2.75) is 19.8 Å². The van der Waals surface area contributed by atoms with Crippen LogP contribution in [0.1, 0.15) is 16.7 Å². The first-order valence-corrected chi connectivity index (χ1v) is 8.06. The molecule has 0 aliphatic carbocycles. The molecule has 0 saturated carbocycles. The summed E-state index contributed by atoms with van der Waals surface area (Å²) in [6.07, 6.45) is 0. The molecule has 3 aromatic rings. The quantitative estimate of drug-likeness (QED) is 0.683. The normalized spacial score (nSPS) is 10.4. The predicted molar refractivity (Wildman–Crippen MR) is 95.6 cm³/mol. The van der Waals surface area contributed by atoms with E-state index in [4.69, 9.17) is 9.47 Å². The average molecular weight is 336 g/mol. The number of rotatable bonds is 7. The minimum atomic E-state index is -0.296. The maximum absolute atomic E-state index is 10.2. The Morgan fingerprint density at radius 2 is 1.28 bits per heavy atom. The van der Waals surface area contributed by atoms with Crippen LogP contribution in [0, 0.1) is 0 Å². The lowest BCUT2D eigenvalue weighted by Crippen LogP contribution is -2.00. The molecule has 0 atom stereocenters. The molecule has 2 N–H and O–H groups in total. The molecule has 0 fully saturated rings. The van der Waals surface area contributed by atoms with E-state index in [1.807, 2.05) is 60.7 Å². The summed E-state index contributed by atoms with van der Waals surface area (Å²) in [6, 6.07) is 22.7. The fraction of sp³-hybridized carbons (Fsp3) is 0.143. The van der Waals surface area contributed by atoms with E-state index in [1.54, 1.807) is 12.1 Å². The van der Waals surface area contributed by atoms with Crippen molar-refractivity contribution in [1.29, 1.82) is 0 Å². The summed E-state index contributed by atoms with van der Waals surface area (Å²) in [4.78, 5) is 0. The van der Waals surface area contributed by atoms with Gasteiger partial charge >= 0.3 is 0 Å². The molecule has 0 heterocycles. The second kappa shape index (κ2) is 8.22. The second-order valence-corrected chi connectivity index (χ2v) is 5.64. The third-order valence-electron chi connectivity index (χ3n) is 3.78. The number of benzene rings is 3. The fourth-order valence-electron chi connectivity index (χ4n) is 2.43. The van der Waals surface area contributed by atoms with Gasteiger partial charge in [-0.3, -0.25) is 0 Å². The van der Waals surface area contributed by atoms with Gasteiger partial charge in [0.05, 0.1) is 6.61 Å². The number of hydrogen-bond donors (Lipinski definition) is 2. The second-order valence-electron chi connectivity index (χ2n) is 5.64. The Bertz CT molecular complexity index is 801. The molecule has 0 aromatic heterocycles. The summed E-state index contributed by atoms with van der Waals surface area (Å²) in [7, 11) is 0. The highest BCUT2D eigenvalue weighted by molar-refractivity contribution is 5.50. The summed E-state index contributed by atoms with van der Waals surface area (Å²) >= 11 is 0. The molecule has 25 heavy (non-hydrogen) atoms. The van der Waals surface area contributed by atoms with E-state index in [2.05, 4.69) is 0 Å². The highest BCUT2D eigenvalue weighted by Crippen LogP contribution is 2.35. The Morgan fingerprint density at radius 1 is 0.720 bits per heavy atom. The summed E-state index contributed by atoms with van der Waals surface area (Å²) in [5, 5.41) is 19.7. The third kappa shape index (κ3) is 4.52. The monoisotopic (exact) mass is 336 g/mol. The molecular weight excluding hydrogens is 316 g/mol. The topological polar surface area (TPSA) is 58.9 Å². The number of hydrogen-bond acceptors (Lipinski definition) is 4. The lowest BCUT2D eigenvalue weighted by molar-refractivity contribution is 0.256. The van der Waals surface area contributed by atoms with Crippen LogP contribution in [0.2, 0.25) is 0 Å². The first kappa shape index (κ1) is 16.9. The lowest BCUT2D eigenvalue weighted by atomic mass is 10.1. The minimum Gasteiger partial charge on any atom is -0.504 e. The maximum Gasteiger partial charge on any atom is 0.165 e. The van der Waals surface area contributed by atoms with E-state index in [0.29, 0.717) is 30.3 Å². The van der Waals surface area contributed by atoms with Gasteiger partial charge in [0.15, 0.2) is 11.5 Å². The molecule has 0 aliphatic rings. The van der Waals surface area contributed by atoms with Crippen LogP contribution >= 0.6 is 0 Å². The van der Waals surface area contributed by atoms with Crippen LogP contribution in [0.4, 0.5) is 0 Å². The number of aliphatic hydroxyl groups is 1. The van der Waals surface area contributed by atoms with E-state index >= 15 is 0 Å². The first-order chi connectivity index (χ1) is 12.3. The van der Waals surface area contributed by atoms with Crippen LogP contribution in [0.5, 0.6) is 17.2 Å². The Hall–Kier alpha value is -2.98. The summed E-state index contributed by atoms with van der Waals surface area (Å²) in [5.74, 6) is 0.762. The maximum atomic E-state index is 10.2. The van der Waals surface area contributed by atoms with Gasteiger partial charge in [-0.1, -0.05) is 60.7 Å². The van der Waals surface area contributed by atoms with E-state index in [-0.39, 0.29) is 12.4 Å². The average Bonchev–Trinajstić information content (AvgIpc) is 2.67. The molecule has 0 bridgehead atoms. The van der Waals surface area contributed by atoms with Crippen molar-refractivity contribution in [1.82, 2.24) is 0 Å². The molecule has 0 unspecified atom stereocenters. The van der Waals surface area contributed by atoms with Gasteiger partial charge in [0.1, 0.15) is 19.0 Å². The summed E-state index contributed by atoms with van der Waals surface area (Å²) < 4.78 is 11.5. The smallest absolute Gasteiger partial charge is 0.165 e. The van der Waals surface area contributed by atoms with Crippen molar-refractivity contribution in [2.75, 3.05) is 0 Å². The Kier molecular flexibility index (Phi) is 5.54. The van der Waals surface area contributed by atoms with Crippen LogP contribution < -0.4 is 9.47 Å². The van der Waals surface area contributed by atoms with Gasteiger partial charge in [-0.15, -0.1) is 0 Å². The predicted octanol–water partition coefficient (Wildman–Crippen LogP) is 4.04. The van der Waals surface area contributed by atoms with E-state index < -0.39 is 0 Å². The zero-order valence-electron chi connectivity index (χ0n) is 13.8. The van der Waals surface area contributed by atoms with Gasteiger partial charge in [-0.05, 0) is 17.2 Å². The van der Waals surface area contributed by atoms with Crippen molar-refractivity contribution in [3.63, 3.8) is 0 Å². The zero-order valence-corrected chi connectivity index (χ0v) is 13.8. The van der Waals surface area contributed by atoms with Gasteiger partial charge in [-0.25, -0.2) is 0 Å². The molecule has 0 amide bonds. The molecule has 0 spiro atoms. The first-order valence-electron chi connectivity index (χ1n) is 8.06.